The monoisotopic (exact) mass is 199 g/mol. The molecule has 0 aliphatic heterocycles. The van der Waals surface area contributed by atoms with Crippen LogP contribution in [0.5, 0.6) is 0 Å². The van der Waals surface area contributed by atoms with Gasteiger partial charge in [-0.2, -0.15) is 0 Å². The third kappa shape index (κ3) is 2.90. The summed E-state index contributed by atoms with van der Waals surface area (Å²) in [5.41, 5.74) is 5.32. The molecule has 0 spiro atoms. The number of nitrogens with one attached hydrogen (secondary N) is 1. The molecule has 0 heterocycles. The summed E-state index contributed by atoms with van der Waals surface area (Å²) in [7, 11) is 0. The smallest absolute Gasteiger partial charge is 0.223 e. The summed E-state index contributed by atoms with van der Waals surface area (Å²) in [6.07, 6.45) is 3.51. The van der Waals surface area contributed by atoms with Crippen LogP contribution in [0, 0.1) is 5.92 Å². The number of hydrogen-bond donors (Lipinski definition) is 3. The zero-order chi connectivity index (χ0) is 10.6. The second kappa shape index (κ2) is 4.83. The van der Waals surface area contributed by atoms with Crippen molar-refractivity contribution in [2.45, 2.75) is 38.6 Å². The Labute approximate surface area is 83.3 Å². The molecule has 1 atom stereocenters. The average molecular weight is 199 g/mol. The fourth-order valence-corrected chi connectivity index (χ4v) is 1.44. The van der Waals surface area contributed by atoms with Crippen molar-refractivity contribution in [3.05, 3.63) is 0 Å². The van der Waals surface area contributed by atoms with Crippen LogP contribution < -0.4 is 11.1 Å². The number of rotatable bonds is 4. The maximum absolute atomic E-state index is 11.5. The van der Waals surface area contributed by atoms with E-state index in [2.05, 4.69) is 10.5 Å². The lowest BCUT2D eigenvalue weighted by Gasteiger charge is -2.25. The zero-order valence-corrected chi connectivity index (χ0v) is 8.36. The highest BCUT2D eigenvalue weighted by molar-refractivity contribution is 5.83. The molecule has 1 saturated carbocycles. The van der Waals surface area contributed by atoms with E-state index in [0.29, 0.717) is 6.42 Å². The number of hydrogen-bond acceptors (Lipinski definition) is 3. The lowest BCUT2D eigenvalue weighted by molar-refractivity contribution is -0.127. The zero-order valence-electron chi connectivity index (χ0n) is 8.36. The third-order valence-electron chi connectivity index (χ3n) is 2.51. The molecule has 80 valence electrons. The summed E-state index contributed by atoms with van der Waals surface area (Å²) in [5, 5.41) is 14.0. The molecule has 1 aliphatic rings. The fraction of sp³-hybridized carbons (Fsp3) is 0.778. The Morgan fingerprint density at radius 1 is 1.71 bits per heavy atom. The molecule has 5 heteroatoms. The first-order valence-corrected chi connectivity index (χ1v) is 4.90. The van der Waals surface area contributed by atoms with Crippen molar-refractivity contribution < 1.29 is 10.0 Å². The number of carbonyl (C=O) groups excluding carboxylic acids is 1. The van der Waals surface area contributed by atoms with Gasteiger partial charge in [0.2, 0.25) is 5.91 Å². The molecule has 5 nitrogen and oxygen atoms in total. The predicted molar refractivity (Wildman–Crippen MR) is 53.0 cm³/mol. The van der Waals surface area contributed by atoms with E-state index >= 15 is 0 Å². The van der Waals surface area contributed by atoms with Crippen LogP contribution in [0.25, 0.3) is 0 Å². The van der Waals surface area contributed by atoms with E-state index in [1.807, 2.05) is 6.92 Å². The number of amidine groups is 1. The van der Waals surface area contributed by atoms with Crippen molar-refractivity contribution >= 4 is 11.7 Å². The van der Waals surface area contributed by atoms with Crippen LogP contribution in [0.2, 0.25) is 0 Å². The van der Waals surface area contributed by atoms with Gasteiger partial charge in [-0.3, -0.25) is 4.79 Å². The molecule has 0 radical (unpaired) electrons. The molecular weight excluding hydrogens is 182 g/mol. The molecule has 14 heavy (non-hydrogen) atoms. The summed E-state index contributed by atoms with van der Waals surface area (Å²) >= 11 is 0. The molecule has 0 saturated heterocycles. The highest BCUT2D eigenvalue weighted by Gasteiger charge is 2.25. The minimum atomic E-state index is -0.0704. The summed E-state index contributed by atoms with van der Waals surface area (Å²) in [6.45, 7) is 1.84. The van der Waals surface area contributed by atoms with Crippen molar-refractivity contribution in [1.82, 2.24) is 5.32 Å². The Hall–Kier alpha value is -1.26. The van der Waals surface area contributed by atoms with E-state index in [4.69, 9.17) is 10.9 Å². The fourth-order valence-electron chi connectivity index (χ4n) is 1.44. The molecule has 1 unspecified atom stereocenters. The van der Waals surface area contributed by atoms with Crippen LogP contribution in [0.1, 0.15) is 32.6 Å². The predicted octanol–water partition coefficient (Wildman–Crippen LogP) is 0.428. The van der Waals surface area contributed by atoms with E-state index in [0.717, 1.165) is 19.3 Å². The molecule has 0 aromatic rings. The molecule has 1 amide bonds. The van der Waals surface area contributed by atoms with Crippen molar-refractivity contribution in [2.24, 2.45) is 16.8 Å². The van der Waals surface area contributed by atoms with Gasteiger partial charge in [0.15, 0.2) is 0 Å². The Kier molecular flexibility index (Phi) is 3.73. The second-order valence-corrected chi connectivity index (χ2v) is 3.83. The van der Waals surface area contributed by atoms with Crippen LogP contribution >= 0.6 is 0 Å². The normalized spacial score (nSPS) is 19.9. The molecular formula is C9H17N3O2. The minimum Gasteiger partial charge on any atom is -0.409 e. The van der Waals surface area contributed by atoms with Gasteiger partial charge in [-0.05, 0) is 19.8 Å². The topological polar surface area (TPSA) is 87.7 Å². The van der Waals surface area contributed by atoms with E-state index in [1.165, 1.54) is 0 Å². The van der Waals surface area contributed by atoms with Gasteiger partial charge in [-0.25, -0.2) is 0 Å². The van der Waals surface area contributed by atoms with Gasteiger partial charge in [0.25, 0.3) is 0 Å². The Bertz CT molecular complexity index is 236. The van der Waals surface area contributed by atoms with Crippen molar-refractivity contribution in [2.75, 3.05) is 0 Å². The molecule has 1 aliphatic carbocycles. The molecule has 0 aromatic carbocycles. The number of oxime groups is 1. The van der Waals surface area contributed by atoms with Gasteiger partial charge in [0.1, 0.15) is 5.84 Å². The standard InChI is InChI=1S/C9H17N3O2/c1-6(5-8(10)12-14)11-9(13)7-3-2-4-7/h6-7,14H,2-5H2,1H3,(H2,10,12)(H,11,13). The third-order valence-corrected chi connectivity index (χ3v) is 2.51. The summed E-state index contributed by atoms with van der Waals surface area (Å²) in [4.78, 5) is 11.5. The quantitative estimate of drug-likeness (QED) is 0.265. The van der Waals surface area contributed by atoms with Crippen molar-refractivity contribution in [3.8, 4) is 0 Å². The summed E-state index contributed by atoms with van der Waals surface area (Å²) in [6, 6.07) is -0.0704. The SMILES string of the molecule is CC(CC(N)=NO)NC(=O)C1CCC1. The van der Waals surface area contributed by atoms with Gasteiger partial charge >= 0.3 is 0 Å². The first kappa shape index (κ1) is 10.8. The average Bonchev–Trinajstić information content (AvgIpc) is 1.99. The van der Waals surface area contributed by atoms with Crippen LogP contribution in [-0.2, 0) is 4.79 Å². The largest absolute Gasteiger partial charge is 0.409 e. The summed E-state index contributed by atoms with van der Waals surface area (Å²) in [5.74, 6) is 0.422. The van der Waals surface area contributed by atoms with Crippen LogP contribution in [0.15, 0.2) is 5.16 Å². The van der Waals surface area contributed by atoms with E-state index in [-0.39, 0.29) is 23.7 Å². The summed E-state index contributed by atoms with van der Waals surface area (Å²) < 4.78 is 0. The Morgan fingerprint density at radius 2 is 2.36 bits per heavy atom. The Morgan fingerprint density at radius 3 is 2.79 bits per heavy atom. The van der Waals surface area contributed by atoms with Gasteiger partial charge in [-0.1, -0.05) is 11.6 Å². The van der Waals surface area contributed by atoms with Crippen LogP contribution in [0.4, 0.5) is 0 Å². The molecule has 1 rings (SSSR count). The molecule has 0 aromatic heterocycles. The van der Waals surface area contributed by atoms with Gasteiger partial charge in [0.05, 0.1) is 0 Å². The first-order chi connectivity index (χ1) is 6.63. The van der Waals surface area contributed by atoms with Crippen LogP contribution in [-0.4, -0.2) is 23.0 Å². The van der Waals surface area contributed by atoms with Gasteiger partial charge in [-0.15, -0.1) is 0 Å². The van der Waals surface area contributed by atoms with E-state index in [1.54, 1.807) is 0 Å². The molecule has 1 fully saturated rings. The molecule has 4 N–H and O–H groups in total. The second-order valence-electron chi connectivity index (χ2n) is 3.83. The van der Waals surface area contributed by atoms with E-state index < -0.39 is 0 Å². The highest BCUT2D eigenvalue weighted by Crippen LogP contribution is 2.26. The van der Waals surface area contributed by atoms with Gasteiger partial charge < -0.3 is 16.3 Å². The van der Waals surface area contributed by atoms with Crippen molar-refractivity contribution in [3.63, 3.8) is 0 Å². The van der Waals surface area contributed by atoms with Gasteiger partial charge in [0, 0.05) is 18.4 Å². The first-order valence-electron chi connectivity index (χ1n) is 4.90. The maximum atomic E-state index is 11.5. The van der Waals surface area contributed by atoms with Crippen molar-refractivity contribution in [1.29, 1.82) is 0 Å². The lowest BCUT2D eigenvalue weighted by atomic mass is 9.84. The minimum absolute atomic E-state index is 0.0704. The Balaban J connectivity index is 2.25. The lowest BCUT2D eigenvalue weighted by Crippen LogP contribution is -2.41. The van der Waals surface area contributed by atoms with Crippen LogP contribution in [0.3, 0.4) is 0 Å². The number of nitrogens with zero attached hydrogens (tertiary/aromatic N) is 1. The van der Waals surface area contributed by atoms with E-state index in [9.17, 15) is 4.79 Å². The number of carbonyl (C=O) groups is 1. The molecule has 0 bridgehead atoms. The highest BCUT2D eigenvalue weighted by atomic mass is 16.4. The number of nitrogens with two attached hydrogens (primary N) is 1. The maximum Gasteiger partial charge on any atom is 0.223 e. The number of amides is 1.